The van der Waals surface area contributed by atoms with Crippen LogP contribution in [0.15, 0.2) is 180 Å². The van der Waals surface area contributed by atoms with Crippen molar-refractivity contribution in [2.45, 2.75) is 6.42 Å². The fraction of sp³-hybridized carbons (Fsp3) is 0.0213. The van der Waals surface area contributed by atoms with Gasteiger partial charge in [0.2, 0.25) is 0 Å². The lowest BCUT2D eigenvalue weighted by molar-refractivity contribution is 0.565. The van der Waals surface area contributed by atoms with Crippen molar-refractivity contribution < 1.29 is 4.42 Å². The summed E-state index contributed by atoms with van der Waals surface area (Å²) in [6.07, 6.45) is 9.29. The van der Waals surface area contributed by atoms with Crippen molar-refractivity contribution in [2.75, 3.05) is 4.90 Å². The zero-order valence-corrected chi connectivity index (χ0v) is 27.3. The van der Waals surface area contributed by atoms with Gasteiger partial charge in [0, 0.05) is 56.2 Å². The molecule has 3 nitrogen and oxygen atoms in total. The lowest BCUT2D eigenvalue weighted by atomic mass is 10.0. The van der Waals surface area contributed by atoms with E-state index in [1.807, 2.05) is 0 Å². The lowest BCUT2D eigenvalue weighted by Crippen LogP contribution is -2.09. The molecular formula is C47H32N2O. The molecule has 0 bridgehead atoms. The quantitative estimate of drug-likeness (QED) is 0.187. The number of anilines is 3. The van der Waals surface area contributed by atoms with E-state index in [2.05, 4.69) is 191 Å². The van der Waals surface area contributed by atoms with E-state index in [1.54, 1.807) is 0 Å². The number of para-hydroxylation sites is 4. The molecule has 236 valence electrons. The van der Waals surface area contributed by atoms with Gasteiger partial charge in [-0.15, -0.1) is 0 Å². The average Bonchev–Trinajstić information content (AvgIpc) is 3.60. The van der Waals surface area contributed by atoms with Crippen LogP contribution in [0, 0.1) is 0 Å². The SMILES string of the molecule is C1=CCc2oc3c(-c4ccc(N(c5ccccc5)c5ccc6c(-n7c8ccccc8c8ccccc87)cccc6c5)cc4)cccc3c2C=C1. The van der Waals surface area contributed by atoms with E-state index in [0.29, 0.717) is 0 Å². The first-order valence-electron chi connectivity index (χ1n) is 17.2. The molecule has 2 aromatic heterocycles. The number of furan rings is 1. The Morgan fingerprint density at radius 1 is 0.520 bits per heavy atom. The number of aromatic nitrogens is 1. The zero-order chi connectivity index (χ0) is 33.0. The van der Waals surface area contributed by atoms with Gasteiger partial charge in [-0.1, -0.05) is 127 Å². The fourth-order valence-corrected chi connectivity index (χ4v) is 7.74. The Balaban J connectivity index is 1.08. The summed E-state index contributed by atoms with van der Waals surface area (Å²) in [7, 11) is 0. The summed E-state index contributed by atoms with van der Waals surface area (Å²) in [4.78, 5) is 2.34. The van der Waals surface area contributed by atoms with Crippen molar-refractivity contribution in [2.24, 2.45) is 0 Å². The first-order chi connectivity index (χ1) is 24.8. The van der Waals surface area contributed by atoms with Gasteiger partial charge < -0.3 is 13.9 Å². The van der Waals surface area contributed by atoms with Crippen molar-refractivity contribution in [1.82, 2.24) is 4.57 Å². The highest BCUT2D eigenvalue weighted by molar-refractivity contribution is 6.10. The van der Waals surface area contributed by atoms with Gasteiger partial charge in [0.05, 0.1) is 16.7 Å². The van der Waals surface area contributed by atoms with E-state index < -0.39 is 0 Å². The van der Waals surface area contributed by atoms with Crippen LogP contribution in [0.5, 0.6) is 0 Å². The highest BCUT2D eigenvalue weighted by Crippen LogP contribution is 2.41. The third kappa shape index (κ3) is 4.52. The van der Waals surface area contributed by atoms with Crippen LogP contribution in [0.1, 0.15) is 11.3 Å². The monoisotopic (exact) mass is 640 g/mol. The predicted molar refractivity (Wildman–Crippen MR) is 210 cm³/mol. The van der Waals surface area contributed by atoms with Gasteiger partial charge in [0.15, 0.2) is 0 Å². The molecule has 3 heteroatoms. The standard InChI is InChI=1S/C47H32N2O/c1-3-14-34(15-4-1)48(35-27-25-32(26-28-35)38-19-12-20-42-41-18-5-2-6-24-46(41)50-47(38)42)36-29-30-37-33(31-36)13-11-23-43(37)49-44-21-9-7-16-39(44)40-17-8-10-22-45(40)49/h1-23,25-31H,24H2. The minimum atomic E-state index is 0.799. The Labute approximate surface area is 290 Å². The third-order valence-electron chi connectivity index (χ3n) is 10.0. The van der Waals surface area contributed by atoms with E-state index in [4.69, 9.17) is 4.42 Å². The average molecular weight is 641 g/mol. The van der Waals surface area contributed by atoms with Gasteiger partial charge in [-0.3, -0.25) is 0 Å². The molecule has 2 heterocycles. The van der Waals surface area contributed by atoms with Crippen LogP contribution < -0.4 is 4.90 Å². The smallest absolute Gasteiger partial charge is 0.142 e. The molecule has 0 saturated heterocycles. The molecule has 0 atom stereocenters. The summed E-state index contributed by atoms with van der Waals surface area (Å²) in [5, 5.41) is 6.09. The molecule has 0 N–H and O–H groups in total. The molecule has 0 radical (unpaired) electrons. The Hall–Kier alpha value is -6.58. The first-order valence-corrected chi connectivity index (χ1v) is 17.2. The summed E-state index contributed by atoms with van der Waals surface area (Å²) >= 11 is 0. The third-order valence-corrected chi connectivity index (χ3v) is 10.0. The van der Waals surface area contributed by atoms with Gasteiger partial charge in [0.1, 0.15) is 11.3 Å². The predicted octanol–water partition coefficient (Wildman–Crippen LogP) is 12.9. The molecule has 1 aliphatic rings. The summed E-state index contributed by atoms with van der Waals surface area (Å²) in [5.41, 5.74) is 11.3. The lowest BCUT2D eigenvalue weighted by Gasteiger charge is -2.26. The Bertz CT molecular complexity index is 2730. The normalized spacial score (nSPS) is 12.6. The summed E-state index contributed by atoms with van der Waals surface area (Å²) in [6.45, 7) is 0. The van der Waals surface area contributed by atoms with E-state index in [1.165, 1.54) is 43.8 Å². The number of benzene rings is 7. The van der Waals surface area contributed by atoms with Crippen molar-refractivity contribution in [1.29, 1.82) is 0 Å². The maximum absolute atomic E-state index is 6.48. The second-order valence-corrected chi connectivity index (χ2v) is 12.9. The summed E-state index contributed by atoms with van der Waals surface area (Å²) < 4.78 is 8.89. The molecule has 0 unspecified atom stereocenters. The molecular weight excluding hydrogens is 609 g/mol. The maximum Gasteiger partial charge on any atom is 0.142 e. The summed E-state index contributed by atoms with van der Waals surface area (Å²) in [6, 6.07) is 56.8. The van der Waals surface area contributed by atoms with Gasteiger partial charge in [0.25, 0.3) is 0 Å². The van der Waals surface area contributed by atoms with Crippen LogP contribution in [0.2, 0.25) is 0 Å². The number of rotatable bonds is 5. The van der Waals surface area contributed by atoms with Gasteiger partial charge >= 0.3 is 0 Å². The summed E-state index contributed by atoms with van der Waals surface area (Å²) in [5.74, 6) is 1.02. The molecule has 9 aromatic rings. The van der Waals surface area contributed by atoms with E-state index >= 15 is 0 Å². The molecule has 7 aromatic carbocycles. The van der Waals surface area contributed by atoms with Crippen LogP contribution in [0.25, 0.3) is 66.4 Å². The highest BCUT2D eigenvalue weighted by atomic mass is 16.3. The van der Waals surface area contributed by atoms with Crippen molar-refractivity contribution in [3.8, 4) is 16.8 Å². The highest BCUT2D eigenvalue weighted by Gasteiger charge is 2.19. The van der Waals surface area contributed by atoms with Crippen LogP contribution >= 0.6 is 0 Å². The van der Waals surface area contributed by atoms with Crippen LogP contribution in [-0.2, 0) is 6.42 Å². The molecule has 0 saturated carbocycles. The molecule has 0 fully saturated rings. The van der Waals surface area contributed by atoms with Crippen molar-refractivity contribution >= 4 is 66.7 Å². The topological polar surface area (TPSA) is 21.3 Å². The number of allylic oxidation sites excluding steroid dienone is 3. The van der Waals surface area contributed by atoms with Gasteiger partial charge in [-0.2, -0.15) is 0 Å². The molecule has 0 spiro atoms. The fourth-order valence-electron chi connectivity index (χ4n) is 7.74. The number of nitrogens with zero attached hydrogens (tertiary/aromatic N) is 2. The minimum Gasteiger partial charge on any atom is -0.459 e. The molecule has 0 aliphatic heterocycles. The number of fused-ring (bicyclic) bond motifs is 7. The maximum atomic E-state index is 6.48. The number of hydrogen-bond acceptors (Lipinski definition) is 2. The second-order valence-electron chi connectivity index (χ2n) is 12.9. The Morgan fingerprint density at radius 2 is 1.20 bits per heavy atom. The molecule has 50 heavy (non-hydrogen) atoms. The largest absolute Gasteiger partial charge is 0.459 e. The van der Waals surface area contributed by atoms with E-state index in [-0.39, 0.29) is 0 Å². The van der Waals surface area contributed by atoms with Crippen molar-refractivity contribution in [3.63, 3.8) is 0 Å². The number of hydrogen-bond donors (Lipinski definition) is 0. The molecule has 10 rings (SSSR count). The Kier molecular flexibility index (Phi) is 6.56. The molecule has 0 amide bonds. The van der Waals surface area contributed by atoms with Gasteiger partial charge in [-0.05, 0) is 65.5 Å². The van der Waals surface area contributed by atoms with Gasteiger partial charge in [-0.25, -0.2) is 0 Å². The van der Waals surface area contributed by atoms with Crippen molar-refractivity contribution in [3.05, 3.63) is 187 Å². The first kappa shape index (κ1) is 28.4. The van der Waals surface area contributed by atoms with E-state index in [0.717, 1.165) is 51.3 Å². The second kappa shape index (κ2) is 11.5. The minimum absolute atomic E-state index is 0.799. The van der Waals surface area contributed by atoms with E-state index in [9.17, 15) is 0 Å². The molecule has 1 aliphatic carbocycles. The Morgan fingerprint density at radius 3 is 2.00 bits per heavy atom. The zero-order valence-electron chi connectivity index (χ0n) is 27.3. The van der Waals surface area contributed by atoms with Crippen LogP contribution in [-0.4, -0.2) is 4.57 Å². The van der Waals surface area contributed by atoms with Crippen LogP contribution in [0.4, 0.5) is 17.1 Å². The van der Waals surface area contributed by atoms with Crippen LogP contribution in [0.3, 0.4) is 0 Å².